The van der Waals surface area contributed by atoms with E-state index in [2.05, 4.69) is 17.3 Å². The van der Waals surface area contributed by atoms with E-state index in [9.17, 15) is 4.79 Å². The Morgan fingerprint density at radius 2 is 2.13 bits per heavy atom. The number of benzene rings is 1. The summed E-state index contributed by atoms with van der Waals surface area (Å²) in [6.07, 6.45) is 0.391. The molecule has 0 spiro atoms. The van der Waals surface area contributed by atoms with Gasteiger partial charge in [-0.3, -0.25) is 4.79 Å². The van der Waals surface area contributed by atoms with Crippen molar-refractivity contribution >= 4 is 40.2 Å². The summed E-state index contributed by atoms with van der Waals surface area (Å²) in [5.74, 6) is -0.00771. The molecule has 2 heterocycles. The van der Waals surface area contributed by atoms with E-state index in [0.29, 0.717) is 11.4 Å². The predicted octanol–water partition coefficient (Wildman–Crippen LogP) is 1.92. The second kappa shape index (κ2) is 7.34. The highest BCUT2D eigenvalue weighted by Crippen LogP contribution is 2.29. The Labute approximate surface area is 145 Å². The fraction of sp³-hybridized carbons (Fsp3) is 0.353. The van der Waals surface area contributed by atoms with Gasteiger partial charge in [-0.1, -0.05) is 11.6 Å². The van der Waals surface area contributed by atoms with Crippen LogP contribution in [0.3, 0.4) is 0 Å². The zero-order valence-electron chi connectivity index (χ0n) is 13.1. The first-order valence-corrected chi connectivity index (χ1v) is 9.10. The van der Waals surface area contributed by atoms with E-state index in [1.54, 1.807) is 16.2 Å². The number of piperazine rings is 1. The van der Waals surface area contributed by atoms with Gasteiger partial charge in [-0.15, -0.1) is 0 Å². The van der Waals surface area contributed by atoms with Gasteiger partial charge in [-0.2, -0.15) is 11.3 Å². The monoisotopic (exact) mass is 350 g/mol. The number of quaternary nitrogens is 1. The van der Waals surface area contributed by atoms with Gasteiger partial charge in [0.05, 0.1) is 51.0 Å². The maximum atomic E-state index is 12.3. The van der Waals surface area contributed by atoms with E-state index >= 15 is 0 Å². The van der Waals surface area contributed by atoms with Crippen molar-refractivity contribution in [3.05, 3.63) is 45.6 Å². The molecule has 1 amide bonds. The number of nitrogens with zero attached hydrogens (tertiary/aromatic N) is 1. The summed E-state index contributed by atoms with van der Waals surface area (Å²) in [7, 11) is 2.21. The largest absolute Gasteiger partial charge is 0.359 e. The molecule has 0 atom stereocenters. The predicted molar refractivity (Wildman–Crippen MR) is 96.9 cm³/mol. The number of carbonyl (C=O) groups is 1. The molecule has 1 aliphatic rings. The third-order valence-corrected chi connectivity index (χ3v) is 5.10. The van der Waals surface area contributed by atoms with Crippen LogP contribution >= 0.6 is 22.9 Å². The van der Waals surface area contributed by atoms with Crippen molar-refractivity contribution in [3.8, 4) is 0 Å². The summed E-state index contributed by atoms with van der Waals surface area (Å²) in [4.78, 5) is 16.2. The van der Waals surface area contributed by atoms with E-state index in [1.807, 2.05) is 35.0 Å². The molecule has 1 aromatic carbocycles. The van der Waals surface area contributed by atoms with Gasteiger partial charge in [0.1, 0.15) is 0 Å². The zero-order chi connectivity index (χ0) is 16.2. The van der Waals surface area contributed by atoms with Crippen LogP contribution in [0.1, 0.15) is 5.56 Å². The molecule has 0 radical (unpaired) electrons. The van der Waals surface area contributed by atoms with Gasteiger partial charge >= 0.3 is 0 Å². The number of anilines is 2. The number of hydrogen-bond donors (Lipinski definition) is 2. The normalized spacial score (nSPS) is 15.7. The number of likely N-dealkylation sites (N-methyl/N-ethyl adjacent to an activating group) is 1. The Bertz CT molecular complexity index is 666. The lowest BCUT2D eigenvalue weighted by atomic mass is 10.2. The molecule has 6 heteroatoms. The summed E-state index contributed by atoms with van der Waals surface area (Å²) in [5, 5.41) is 7.66. The molecule has 1 aromatic heterocycles. The van der Waals surface area contributed by atoms with E-state index in [-0.39, 0.29) is 5.91 Å². The molecule has 2 aromatic rings. The quantitative estimate of drug-likeness (QED) is 0.884. The van der Waals surface area contributed by atoms with Crippen LogP contribution in [-0.4, -0.2) is 39.1 Å². The smallest absolute Gasteiger partial charge is 0.228 e. The van der Waals surface area contributed by atoms with Gasteiger partial charge in [0.25, 0.3) is 0 Å². The maximum Gasteiger partial charge on any atom is 0.228 e. The van der Waals surface area contributed by atoms with Gasteiger partial charge in [0.2, 0.25) is 5.91 Å². The number of nitrogens with one attached hydrogen (secondary N) is 2. The minimum atomic E-state index is -0.00771. The summed E-state index contributed by atoms with van der Waals surface area (Å²) in [6, 6.07) is 7.71. The third kappa shape index (κ3) is 4.25. The number of amides is 1. The van der Waals surface area contributed by atoms with Crippen molar-refractivity contribution in [3.63, 3.8) is 0 Å². The van der Waals surface area contributed by atoms with E-state index in [4.69, 9.17) is 11.6 Å². The second-order valence-corrected chi connectivity index (χ2v) is 7.18. The number of thiophene rings is 1. The first kappa shape index (κ1) is 16.3. The lowest BCUT2D eigenvalue weighted by Crippen LogP contribution is -3.12. The highest BCUT2D eigenvalue weighted by Gasteiger charge is 2.20. The number of rotatable bonds is 4. The summed E-state index contributed by atoms with van der Waals surface area (Å²) in [6.45, 7) is 4.18. The Morgan fingerprint density at radius 3 is 2.83 bits per heavy atom. The van der Waals surface area contributed by atoms with Crippen molar-refractivity contribution in [2.24, 2.45) is 0 Å². The molecule has 0 aliphatic carbocycles. The molecular weight excluding hydrogens is 330 g/mol. The van der Waals surface area contributed by atoms with E-state index in [1.165, 1.54) is 0 Å². The van der Waals surface area contributed by atoms with Crippen molar-refractivity contribution in [2.75, 3.05) is 43.4 Å². The Hall–Kier alpha value is -1.56. The van der Waals surface area contributed by atoms with E-state index in [0.717, 1.165) is 43.1 Å². The topological polar surface area (TPSA) is 36.8 Å². The van der Waals surface area contributed by atoms with Crippen LogP contribution in [0.15, 0.2) is 35.0 Å². The highest BCUT2D eigenvalue weighted by molar-refractivity contribution is 7.08. The molecule has 1 saturated heterocycles. The Morgan fingerprint density at radius 1 is 1.35 bits per heavy atom. The van der Waals surface area contributed by atoms with Gasteiger partial charge in [0.15, 0.2) is 0 Å². The minimum Gasteiger partial charge on any atom is -0.359 e. The molecule has 23 heavy (non-hydrogen) atoms. The van der Waals surface area contributed by atoms with Crippen molar-refractivity contribution in [1.29, 1.82) is 0 Å². The van der Waals surface area contributed by atoms with Crippen LogP contribution in [0.2, 0.25) is 5.02 Å². The molecule has 2 N–H and O–H groups in total. The van der Waals surface area contributed by atoms with Crippen molar-refractivity contribution < 1.29 is 9.69 Å². The van der Waals surface area contributed by atoms with Crippen LogP contribution < -0.4 is 15.1 Å². The first-order chi connectivity index (χ1) is 11.1. The first-order valence-electron chi connectivity index (χ1n) is 7.78. The molecule has 3 rings (SSSR count). The Balaban J connectivity index is 1.75. The molecule has 4 nitrogen and oxygen atoms in total. The number of carbonyl (C=O) groups excluding carboxylic acids is 1. The van der Waals surface area contributed by atoms with Gasteiger partial charge in [-0.25, -0.2) is 0 Å². The van der Waals surface area contributed by atoms with Crippen LogP contribution in [-0.2, 0) is 11.2 Å². The third-order valence-electron chi connectivity index (χ3n) is 4.14. The maximum absolute atomic E-state index is 12.3. The standard InChI is InChI=1S/C17H20ClN3OS/c1-20-5-7-21(8-6-20)16-3-2-14(18)11-15(16)19-17(22)10-13-4-9-23-12-13/h2-4,9,11-12H,5-8,10H2,1H3,(H,19,22)/p+1. The van der Waals surface area contributed by atoms with Crippen LogP contribution in [0.4, 0.5) is 11.4 Å². The number of halogens is 1. The summed E-state index contributed by atoms with van der Waals surface area (Å²) >= 11 is 7.74. The SMILES string of the molecule is C[NH+]1CCN(c2ccc(Cl)cc2NC(=O)Cc2ccsc2)CC1. The number of hydrogen-bond acceptors (Lipinski definition) is 3. The molecule has 1 aliphatic heterocycles. The fourth-order valence-corrected chi connectivity index (χ4v) is 3.63. The van der Waals surface area contributed by atoms with Crippen molar-refractivity contribution in [1.82, 2.24) is 0 Å². The van der Waals surface area contributed by atoms with Gasteiger partial charge < -0.3 is 15.1 Å². The van der Waals surface area contributed by atoms with Gasteiger partial charge in [0, 0.05) is 5.02 Å². The molecule has 1 fully saturated rings. The van der Waals surface area contributed by atoms with Crippen LogP contribution in [0.5, 0.6) is 0 Å². The molecule has 122 valence electrons. The lowest BCUT2D eigenvalue weighted by molar-refractivity contribution is -0.880. The molecule has 0 unspecified atom stereocenters. The molecule has 0 bridgehead atoms. The average molecular weight is 351 g/mol. The fourth-order valence-electron chi connectivity index (χ4n) is 2.79. The minimum absolute atomic E-state index is 0.00771. The van der Waals surface area contributed by atoms with Crippen molar-refractivity contribution in [2.45, 2.75) is 6.42 Å². The highest BCUT2D eigenvalue weighted by atomic mass is 35.5. The lowest BCUT2D eigenvalue weighted by Gasteiger charge is -2.33. The summed E-state index contributed by atoms with van der Waals surface area (Å²) in [5.41, 5.74) is 2.90. The van der Waals surface area contributed by atoms with Crippen LogP contribution in [0.25, 0.3) is 0 Å². The van der Waals surface area contributed by atoms with E-state index < -0.39 is 0 Å². The summed E-state index contributed by atoms with van der Waals surface area (Å²) < 4.78 is 0. The average Bonchev–Trinajstić information content (AvgIpc) is 3.01. The van der Waals surface area contributed by atoms with Gasteiger partial charge in [-0.05, 0) is 40.6 Å². The Kier molecular flexibility index (Phi) is 5.20. The van der Waals surface area contributed by atoms with Crippen LogP contribution in [0, 0.1) is 0 Å². The molecular formula is C17H21ClN3OS+. The molecule has 0 saturated carbocycles. The zero-order valence-corrected chi connectivity index (χ0v) is 14.7. The second-order valence-electron chi connectivity index (χ2n) is 5.96.